The summed E-state index contributed by atoms with van der Waals surface area (Å²) in [5.74, 6) is -0.728. The maximum absolute atomic E-state index is 10.5. The maximum Gasteiger partial charge on any atom is 0.317 e. The van der Waals surface area contributed by atoms with Crippen molar-refractivity contribution in [1.29, 1.82) is 0 Å². The second kappa shape index (κ2) is 18.8. The molecule has 3 heteroatoms. The minimum atomic E-state index is -0.728. The van der Waals surface area contributed by atoms with Gasteiger partial charge in [0, 0.05) is 0 Å². The molecule has 0 fully saturated rings. The Kier molecular flexibility index (Phi) is 18.3. The summed E-state index contributed by atoms with van der Waals surface area (Å²) in [6.07, 6.45) is 22.0. The molecule has 0 aliphatic carbocycles. The Morgan fingerprint density at radius 2 is 1.00 bits per heavy atom. The van der Waals surface area contributed by atoms with Crippen molar-refractivity contribution in [1.82, 2.24) is 4.90 Å². The first kappa shape index (κ1) is 23.4. The number of likely N-dealkylation sites (N-methyl/N-ethyl adjacent to an activating group) is 1. The molecule has 0 saturated heterocycles. The van der Waals surface area contributed by atoms with Crippen molar-refractivity contribution in [3.63, 3.8) is 0 Å². The predicted molar refractivity (Wildman–Crippen MR) is 105 cm³/mol. The summed E-state index contributed by atoms with van der Waals surface area (Å²) in [6.45, 7) is 3.35. The number of carbonyl (C=O) groups is 1. The molecule has 0 unspecified atom stereocenters. The fourth-order valence-corrected chi connectivity index (χ4v) is 3.24. The predicted octanol–water partition coefficient (Wildman–Crippen LogP) is 6.26. The number of hydrogen-bond acceptors (Lipinski definition) is 2. The zero-order valence-electron chi connectivity index (χ0n) is 16.5. The lowest BCUT2D eigenvalue weighted by Crippen LogP contribution is -2.26. The standard InChI is InChI=1S/C21H43NO2/c1-3-4-5-6-7-8-9-10-11-12-13-14-15-16-17-18-19-22(2)20-21(23)24/h3-20H2,1-2H3,(H,23,24). The van der Waals surface area contributed by atoms with Gasteiger partial charge >= 0.3 is 5.97 Å². The molecule has 0 spiro atoms. The number of aliphatic carboxylic acids is 1. The molecule has 144 valence electrons. The zero-order chi connectivity index (χ0) is 17.9. The van der Waals surface area contributed by atoms with E-state index in [-0.39, 0.29) is 6.54 Å². The van der Waals surface area contributed by atoms with Crippen molar-refractivity contribution >= 4 is 5.97 Å². The molecule has 0 rings (SSSR count). The highest BCUT2D eigenvalue weighted by Crippen LogP contribution is 2.13. The molecule has 0 saturated carbocycles. The van der Waals surface area contributed by atoms with Gasteiger partial charge in [0.05, 0.1) is 6.54 Å². The Balaban J connectivity index is 3.06. The van der Waals surface area contributed by atoms with Gasteiger partial charge in [0.25, 0.3) is 0 Å². The van der Waals surface area contributed by atoms with Gasteiger partial charge in [-0.3, -0.25) is 9.69 Å². The van der Waals surface area contributed by atoms with Crippen LogP contribution >= 0.6 is 0 Å². The van der Waals surface area contributed by atoms with E-state index in [1.54, 1.807) is 0 Å². The lowest BCUT2D eigenvalue weighted by molar-refractivity contribution is -0.137. The molecule has 0 atom stereocenters. The Labute approximate surface area is 151 Å². The van der Waals surface area contributed by atoms with Crippen LogP contribution in [0.1, 0.15) is 110 Å². The summed E-state index contributed by atoms with van der Waals surface area (Å²) in [4.78, 5) is 12.4. The van der Waals surface area contributed by atoms with Crippen LogP contribution in [0.2, 0.25) is 0 Å². The van der Waals surface area contributed by atoms with Crippen molar-refractivity contribution in [2.75, 3.05) is 20.1 Å². The summed E-state index contributed by atoms with van der Waals surface area (Å²) in [6, 6.07) is 0. The average Bonchev–Trinajstić information content (AvgIpc) is 2.53. The van der Waals surface area contributed by atoms with Crippen molar-refractivity contribution in [2.45, 2.75) is 110 Å². The molecule has 0 aromatic carbocycles. The monoisotopic (exact) mass is 341 g/mol. The minimum absolute atomic E-state index is 0.165. The van der Waals surface area contributed by atoms with E-state index >= 15 is 0 Å². The molecule has 0 amide bonds. The molecule has 0 heterocycles. The van der Waals surface area contributed by atoms with E-state index in [9.17, 15) is 4.79 Å². The lowest BCUT2D eigenvalue weighted by Gasteiger charge is -2.13. The topological polar surface area (TPSA) is 40.5 Å². The highest BCUT2D eigenvalue weighted by atomic mass is 16.4. The lowest BCUT2D eigenvalue weighted by atomic mass is 10.0. The first-order valence-corrected chi connectivity index (χ1v) is 10.6. The van der Waals surface area contributed by atoms with Crippen LogP contribution in [-0.2, 0) is 4.79 Å². The van der Waals surface area contributed by atoms with Crippen LogP contribution in [0.25, 0.3) is 0 Å². The summed E-state index contributed by atoms with van der Waals surface area (Å²) in [7, 11) is 1.89. The van der Waals surface area contributed by atoms with Gasteiger partial charge in [0.1, 0.15) is 0 Å². The summed E-state index contributed by atoms with van der Waals surface area (Å²) in [5, 5.41) is 8.68. The number of carboxylic acids is 1. The quantitative estimate of drug-likeness (QED) is 0.282. The summed E-state index contributed by atoms with van der Waals surface area (Å²) in [5.41, 5.74) is 0. The Hall–Kier alpha value is -0.570. The van der Waals surface area contributed by atoms with Crippen molar-refractivity contribution in [3.8, 4) is 0 Å². The van der Waals surface area contributed by atoms with Gasteiger partial charge in [-0.05, 0) is 20.0 Å². The SMILES string of the molecule is CCCCCCCCCCCCCCCCCCN(C)CC(=O)O. The van der Waals surface area contributed by atoms with Gasteiger partial charge in [-0.2, -0.15) is 0 Å². The largest absolute Gasteiger partial charge is 0.480 e. The smallest absolute Gasteiger partial charge is 0.317 e. The van der Waals surface area contributed by atoms with E-state index < -0.39 is 5.97 Å². The number of rotatable bonds is 19. The van der Waals surface area contributed by atoms with Gasteiger partial charge in [-0.15, -0.1) is 0 Å². The third-order valence-electron chi connectivity index (χ3n) is 4.80. The molecule has 0 radical (unpaired) electrons. The van der Waals surface area contributed by atoms with E-state index in [1.807, 2.05) is 11.9 Å². The van der Waals surface area contributed by atoms with Gasteiger partial charge in [-0.25, -0.2) is 0 Å². The fourth-order valence-electron chi connectivity index (χ4n) is 3.24. The molecule has 0 aliphatic heterocycles. The molecular weight excluding hydrogens is 298 g/mol. The summed E-state index contributed by atoms with van der Waals surface area (Å²) < 4.78 is 0. The maximum atomic E-state index is 10.5. The molecule has 1 N–H and O–H groups in total. The Bertz CT molecular complexity index is 269. The highest BCUT2D eigenvalue weighted by Gasteiger charge is 2.02. The Morgan fingerprint density at radius 1 is 0.667 bits per heavy atom. The van der Waals surface area contributed by atoms with E-state index in [0.717, 1.165) is 13.0 Å². The van der Waals surface area contributed by atoms with Crippen LogP contribution in [0.5, 0.6) is 0 Å². The van der Waals surface area contributed by atoms with Crippen LogP contribution in [0.3, 0.4) is 0 Å². The van der Waals surface area contributed by atoms with Gasteiger partial charge in [0.2, 0.25) is 0 Å². The molecular formula is C21H43NO2. The number of carboxylic acid groups (broad SMARTS) is 1. The van der Waals surface area contributed by atoms with Crippen LogP contribution < -0.4 is 0 Å². The number of nitrogens with zero attached hydrogens (tertiary/aromatic N) is 1. The molecule has 24 heavy (non-hydrogen) atoms. The normalized spacial score (nSPS) is 11.3. The number of hydrogen-bond donors (Lipinski definition) is 1. The first-order chi connectivity index (χ1) is 11.7. The summed E-state index contributed by atoms with van der Waals surface area (Å²) >= 11 is 0. The van der Waals surface area contributed by atoms with Gasteiger partial charge in [0.15, 0.2) is 0 Å². The van der Waals surface area contributed by atoms with Crippen LogP contribution in [0.15, 0.2) is 0 Å². The van der Waals surface area contributed by atoms with E-state index in [0.29, 0.717) is 0 Å². The highest BCUT2D eigenvalue weighted by molar-refractivity contribution is 5.68. The van der Waals surface area contributed by atoms with Crippen LogP contribution in [0.4, 0.5) is 0 Å². The second-order valence-electron chi connectivity index (χ2n) is 7.43. The van der Waals surface area contributed by atoms with E-state index in [1.165, 1.54) is 96.3 Å². The Morgan fingerprint density at radius 3 is 1.33 bits per heavy atom. The van der Waals surface area contributed by atoms with E-state index in [2.05, 4.69) is 6.92 Å². The van der Waals surface area contributed by atoms with E-state index in [4.69, 9.17) is 5.11 Å². The molecule has 3 nitrogen and oxygen atoms in total. The first-order valence-electron chi connectivity index (χ1n) is 10.6. The van der Waals surface area contributed by atoms with Crippen molar-refractivity contribution in [2.24, 2.45) is 0 Å². The minimum Gasteiger partial charge on any atom is -0.480 e. The van der Waals surface area contributed by atoms with Crippen molar-refractivity contribution in [3.05, 3.63) is 0 Å². The van der Waals surface area contributed by atoms with Gasteiger partial charge < -0.3 is 5.11 Å². The van der Waals surface area contributed by atoms with Crippen molar-refractivity contribution < 1.29 is 9.90 Å². The van der Waals surface area contributed by atoms with Crippen LogP contribution in [-0.4, -0.2) is 36.1 Å². The van der Waals surface area contributed by atoms with Crippen LogP contribution in [0, 0.1) is 0 Å². The third-order valence-corrected chi connectivity index (χ3v) is 4.80. The molecule has 0 aromatic heterocycles. The molecule has 0 aliphatic rings. The molecule has 0 aromatic rings. The zero-order valence-corrected chi connectivity index (χ0v) is 16.5. The number of unbranched alkanes of at least 4 members (excludes halogenated alkanes) is 15. The van der Waals surface area contributed by atoms with Gasteiger partial charge in [-0.1, -0.05) is 103 Å². The molecule has 0 bridgehead atoms. The fraction of sp³-hybridized carbons (Fsp3) is 0.952. The average molecular weight is 342 g/mol. The second-order valence-corrected chi connectivity index (χ2v) is 7.43. The third kappa shape index (κ3) is 19.5.